The summed E-state index contributed by atoms with van der Waals surface area (Å²) in [5, 5.41) is 5.75. The van der Waals surface area contributed by atoms with Crippen LogP contribution in [0, 0.1) is 5.82 Å². The summed E-state index contributed by atoms with van der Waals surface area (Å²) in [6.07, 6.45) is -4.20. The summed E-state index contributed by atoms with van der Waals surface area (Å²) in [6, 6.07) is 1.44. The molecule has 0 aliphatic carbocycles. The van der Waals surface area contributed by atoms with E-state index < -0.39 is 34.1 Å². The molecule has 4 nitrogen and oxygen atoms in total. The molecule has 0 spiro atoms. The number of guanidine groups is 1. The van der Waals surface area contributed by atoms with Gasteiger partial charge in [0.25, 0.3) is 0 Å². The third-order valence-electron chi connectivity index (χ3n) is 1.80. The van der Waals surface area contributed by atoms with Crippen LogP contribution in [0.2, 0.25) is 5.02 Å². The van der Waals surface area contributed by atoms with Gasteiger partial charge in [-0.25, -0.2) is 4.39 Å². The van der Waals surface area contributed by atoms with Gasteiger partial charge >= 0.3 is 6.18 Å². The zero-order valence-corrected chi connectivity index (χ0v) is 9.43. The van der Waals surface area contributed by atoms with Gasteiger partial charge < -0.3 is 11.5 Å². The van der Waals surface area contributed by atoms with Crippen molar-refractivity contribution >= 4 is 23.8 Å². The molecule has 0 saturated heterocycles. The van der Waals surface area contributed by atoms with Crippen molar-refractivity contribution in [2.45, 2.75) is 6.18 Å². The number of rotatable bonds is 2. The largest absolute Gasteiger partial charge is 0.417 e. The van der Waals surface area contributed by atoms with Crippen LogP contribution in [-0.2, 0) is 6.18 Å². The number of hydrogen-bond acceptors (Lipinski definition) is 2. The van der Waals surface area contributed by atoms with Crippen molar-refractivity contribution in [2.75, 3.05) is 0 Å². The van der Waals surface area contributed by atoms with Crippen LogP contribution in [0.15, 0.2) is 22.3 Å². The first-order valence-corrected chi connectivity index (χ1v) is 4.78. The summed E-state index contributed by atoms with van der Waals surface area (Å²) in [5.41, 5.74) is 7.78. The second-order valence-corrected chi connectivity index (χ2v) is 3.50. The summed E-state index contributed by atoms with van der Waals surface area (Å²) in [7, 11) is 0. The number of halogens is 5. The van der Waals surface area contributed by atoms with E-state index >= 15 is 0 Å². The molecule has 0 aliphatic heterocycles. The van der Waals surface area contributed by atoms with E-state index in [9.17, 15) is 17.6 Å². The first-order valence-electron chi connectivity index (χ1n) is 4.40. The fourth-order valence-electron chi connectivity index (χ4n) is 1.09. The highest BCUT2D eigenvalue weighted by Crippen LogP contribution is 2.34. The minimum atomic E-state index is -4.75. The summed E-state index contributed by atoms with van der Waals surface area (Å²) in [4.78, 5) is 0. The van der Waals surface area contributed by atoms with E-state index in [4.69, 9.17) is 23.1 Å². The van der Waals surface area contributed by atoms with Crippen LogP contribution in [0.3, 0.4) is 0 Å². The second-order valence-electron chi connectivity index (χ2n) is 3.09. The van der Waals surface area contributed by atoms with Crippen molar-refractivity contribution in [1.29, 1.82) is 0 Å². The lowest BCUT2D eigenvalue weighted by Crippen LogP contribution is -2.21. The lowest BCUT2D eigenvalue weighted by Gasteiger charge is -2.10. The fraction of sp³-hybridized carbons (Fsp3) is 0.111. The quantitative estimate of drug-likeness (QED) is 0.377. The molecular formula is C9H7ClF4N4. The Labute approximate surface area is 104 Å². The van der Waals surface area contributed by atoms with E-state index in [1.807, 2.05) is 0 Å². The molecule has 1 aromatic rings. The first kappa shape index (κ1) is 14.2. The van der Waals surface area contributed by atoms with Gasteiger partial charge in [0.15, 0.2) is 5.82 Å². The van der Waals surface area contributed by atoms with E-state index in [2.05, 4.69) is 10.2 Å². The van der Waals surface area contributed by atoms with Crippen molar-refractivity contribution in [3.63, 3.8) is 0 Å². The van der Waals surface area contributed by atoms with Gasteiger partial charge in [-0.3, -0.25) is 0 Å². The number of benzene rings is 1. The maximum Gasteiger partial charge on any atom is 0.417 e. The van der Waals surface area contributed by atoms with Crippen molar-refractivity contribution in [3.8, 4) is 0 Å². The average Bonchev–Trinajstić information content (AvgIpc) is 2.22. The normalized spacial score (nSPS) is 11.8. The summed E-state index contributed by atoms with van der Waals surface area (Å²) in [6.45, 7) is 0. The molecule has 0 heterocycles. The predicted octanol–water partition coefficient (Wildman–Crippen LogP) is 2.11. The highest BCUT2D eigenvalue weighted by Gasteiger charge is 2.34. The van der Waals surface area contributed by atoms with Crippen LogP contribution in [0.5, 0.6) is 0 Å². The van der Waals surface area contributed by atoms with Gasteiger partial charge in [-0.1, -0.05) is 11.6 Å². The molecule has 0 amide bonds. The zero-order chi connectivity index (χ0) is 13.9. The maximum atomic E-state index is 13.5. The fourth-order valence-corrected chi connectivity index (χ4v) is 1.26. The molecule has 0 bridgehead atoms. The molecule has 0 fully saturated rings. The lowest BCUT2D eigenvalue weighted by molar-refractivity contribution is -0.137. The Hall–Kier alpha value is -1.83. The smallest absolute Gasteiger partial charge is 0.369 e. The van der Waals surface area contributed by atoms with Crippen LogP contribution in [0.1, 0.15) is 11.1 Å². The Kier molecular flexibility index (Phi) is 4.12. The highest BCUT2D eigenvalue weighted by atomic mass is 35.5. The lowest BCUT2D eigenvalue weighted by atomic mass is 10.1. The van der Waals surface area contributed by atoms with E-state index in [-0.39, 0.29) is 0 Å². The third-order valence-corrected chi connectivity index (χ3v) is 2.09. The standard InChI is InChI=1S/C9H7ClF4N4/c10-6-2-1-5(9(12,13)14)4(7(6)11)3-17-18-8(15)16/h1-3H,(H4,15,16,18). The Morgan fingerprint density at radius 1 is 1.28 bits per heavy atom. The van der Waals surface area contributed by atoms with Crippen LogP contribution in [-0.4, -0.2) is 12.2 Å². The van der Waals surface area contributed by atoms with Crippen molar-refractivity contribution in [2.24, 2.45) is 21.7 Å². The van der Waals surface area contributed by atoms with Crippen LogP contribution < -0.4 is 11.5 Å². The Bertz CT molecular complexity index is 506. The van der Waals surface area contributed by atoms with E-state index in [1.165, 1.54) is 0 Å². The minimum absolute atomic E-state index is 0.464. The number of alkyl halides is 3. The van der Waals surface area contributed by atoms with Crippen molar-refractivity contribution in [1.82, 2.24) is 0 Å². The molecule has 0 saturated carbocycles. The number of hydrogen-bond donors (Lipinski definition) is 2. The second kappa shape index (κ2) is 5.21. The topological polar surface area (TPSA) is 76.8 Å². The molecule has 4 N–H and O–H groups in total. The van der Waals surface area contributed by atoms with Gasteiger partial charge in [-0.15, -0.1) is 5.10 Å². The van der Waals surface area contributed by atoms with Crippen molar-refractivity contribution < 1.29 is 17.6 Å². The molecule has 18 heavy (non-hydrogen) atoms. The van der Waals surface area contributed by atoms with E-state index in [0.717, 1.165) is 6.07 Å². The Morgan fingerprint density at radius 3 is 2.39 bits per heavy atom. The molecular weight excluding hydrogens is 276 g/mol. The van der Waals surface area contributed by atoms with E-state index in [0.29, 0.717) is 12.3 Å². The van der Waals surface area contributed by atoms with Gasteiger partial charge in [0.1, 0.15) is 0 Å². The summed E-state index contributed by atoms with van der Waals surface area (Å²) in [5.74, 6) is -1.72. The van der Waals surface area contributed by atoms with Crippen LogP contribution >= 0.6 is 11.6 Å². The summed E-state index contributed by atoms with van der Waals surface area (Å²) < 4.78 is 51.3. The monoisotopic (exact) mass is 282 g/mol. The predicted molar refractivity (Wildman–Crippen MR) is 59.8 cm³/mol. The maximum absolute atomic E-state index is 13.5. The molecule has 0 atom stereocenters. The summed E-state index contributed by atoms with van der Waals surface area (Å²) >= 11 is 5.39. The zero-order valence-electron chi connectivity index (χ0n) is 8.67. The number of nitrogens with two attached hydrogens (primary N) is 2. The minimum Gasteiger partial charge on any atom is -0.369 e. The Morgan fingerprint density at radius 2 is 1.89 bits per heavy atom. The molecule has 0 aromatic heterocycles. The Balaban J connectivity index is 3.35. The number of nitrogens with zero attached hydrogens (tertiary/aromatic N) is 2. The highest BCUT2D eigenvalue weighted by molar-refractivity contribution is 6.31. The molecule has 9 heteroatoms. The molecule has 0 aliphatic rings. The molecule has 0 radical (unpaired) electrons. The van der Waals surface area contributed by atoms with Crippen LogP contribution in [0.25, 0.3) is 0 Å². The van der Waals surface area contributed by atoms with E-state index in [1.54, 1.807) is 0 Å². The van der Waals surface area contributed by atoms with Gasteiger partial charge in [0.05, 0.1) is 16.8 Å². The van der Waals surface area contributed by atoms with Gasteiger partial charge in [0.2, 0.25) is 5.96 Å². The van der Waals surface area contributed by atoms with Crippen molar-refractivity contribution in [3.05, 3.63) is 34.1 Å². The van der Waals surface area contributed by atoms with Crippen LogP contribution in [0.4, 0.5) is 17.6 Å². The van der Waals surface area contributed by atoms with Gasteiger partial charge in [-0.2, -0.15) is 18.3 Å². The molecule has 1 aromatic carbocycles. The first-order chi connectivity index (χ1) is 8.23. The SMILES string of the molecule is NC(N)=NN=Cc1c(C(F)(F)F)ccc(Cl)c1F. The van der Waals surface area contributed by atoms with Gasteiger partial charge in [-0.05, 0) is 12.1 Å². The molecule has 0 unspecified atom stereocenters. The average molecular weight is 283 g/mol. The molecule has 1 rings (SSSR count). The third kappa shape index (κ3) is 3.33. The molecule has 98 valence electrons. The van der Waals surface area contributed by atoms with Gasteiger partial charge in [0, 0.05) is 5.56 Å².